The van der Waals surface area contributed by atoms with Crippen LogP contribution in [0.3, 0.4) is 0 Å². The number of hydrogen-bond acceptors (Lipinski definition) is 2. The summed E-state index contributed by atoms with van der Waals surface area (Å²) in [4.78, 5) is 10.3. The molecule has 9 heavy (non-hydrogen) atoms. The maximum Gasteiger partial charge on any atom is 0.330 e. The molecule has 0 atom stereocenters. The van der Waals surface area contributed by atoms with Crippen LogP contribution in [0.15, 0.2) is 24.3 Å². The van der Waals surface area contributed by atoms with Crippen LogP contribution in [0.1, 0.15) is 6.92 Å². The van der Waals surface area contributed by atoms with Gasteiger partial charge in [-0.3, -0.25) is 0 Å². The van der Waals surface area contributed by atoms with Crippen LogP contribution >= 0.6 is 0 Å². The highest BCUT2D eigenvalue weighted by atomic mass is 16.5. The summed E-state index contributed by atoms with van der Waals surface area (Å²) >= 11 is 0. The minimum atomic E-state index is -0.326. The molecule has 0 saturated carbocycles. The fraction of sp³-hybridized carbons (Fsp3) is 0.286. The summed E-state index contributed by atoms with van der Waals surface area (Å²) in [5.74, 6) is -0.326. The quantitative estimate of drug-likeness (QED) is 0.316. The monoisotopic (exact) mass is 126 g/mol. The van der Waals surface area contributed by atoms with E-state index in [-0.39, 0.29) is 5.97 Å². The summed E-state index contributed by atoms with van der Waals surface area (Å²) in [6, 6.07) is 0. The molecule has 0 aliphatic heterocycles. The lowest BCUT2D eigenvalue weighted by Crippen LogP contribution is -1.92. The van der Waals surface area contributed by atoms with Gasteiger partial charge in [-0.15, -0.1) is 0 Å². The smallest absolute Gasteiger partial charge is 0.330 e. The molecule has 0 rings (SSSR count). The van der Waals surface area contributed by atoms with E-state index in [0.717, 1.165) is 0 Å². The molecule has 0 aromatic rings. The van der Waals surface area contributed by atoms with Crippen LogP contribution in [-0.2, 0) is 9.53 Å². The van der Waals surface area contributed by atoms with Gasteiger partial charge in [0, 0.05) is 6.08 Å². The highest BCUT2D eigenvalue weighted by Gasteiger charge is 1.85. The van der Waals surface area contributed by atoms with E-state index in [4.69, 9.17) is 0 Å². The molecular weight excluding hydrogens is 116 g/mol. The highest BCUT2D eigenvalue weighted by molar-refractivity contribution is 5.82. The highest BCUT2D eigenvalue weighted by Crippen LogP contribution is 1.78. The van der Waals surface area contributed by atoms with E-state index in [0.29, 0.717) is 0 Å². The Bertz CT molecular complexity index is 134. The molecule has 0 radical (unpaired) electrons. The Hall–Kier alpha value is -1.05. The third-order valence-corrected chi connectivity index (χ3v) is 0.737. The van der Waals surface area contributed by atoms with Crippen molar-refractivity contribution in [2.45, 2.75) is 6.92 Å². The maximum absolute atomic E-state index is 10.3. The lowest BCUT2D eigenvalue weighted by atomic mass is 10.4. The van der Waals surface area contributed by atoms with Crippen LogP contribution < -0.4 is 0 Å². The van der Waals surface area contributed by atoms with Crippen molar-refractivity contribution in [2.24, 2.45) is 0 Å². The van der Waals surface area contributed by atoms with Gasteiger partial charge < -0.3 is 4.74 Å². The van der Waals surface area contributed by atoms with Gasteiger partial charge in [-0.05, 0) is 6.92 Å². The number of methoxy groups -OCH3 is 1. The third-order valence-electron chi connectivity index (χ3n) is 0.737. The van der Waals surface area contributed by atoms with Crippen molar-refractivity contribution in [3.63, 3.8) is 0 Å². The third kappa shape index (κ3) is 4.81. The van der Waals surface area contributed by atoms with E-state index in [1.807, 2.05) is 13.0 Å². The Kier molecular flexibility index (Phi) is 4.50. The number of rotatable bonds is 2. The van der Waals surface area contributed by atoms with Crippen LogP contribution in [0, 0.1) is 0 Å². The predicted octanol–water partition coefficient (Wildman–Crippen LogP) is 1.29. The first-order chi connectivity index (χ1) is 4.31. The summed E-state index contributed by atoms with van der Waals surface area (Å²) < 4.78 is 4.34. The summed E-state index contributed by atoms with van der Waals surface area (Å²) in [6.07, 6.45) is 6.59. The summed E-state index contributed by atoms with van der Waals surface area (Å²) in [7, 11) is 1.35. The van der Waals surface area contributed by atoms with Crippen molar-refractivity contribution in [3.8, 4) is 0 Å². The Morgan fingerprint density at radius 1 is 1.44 bits per heavy atom. The van der Waals surface area contributed by atoms with Crippen LogP contribution in [0.5, 0.6) is 0 Å². The Labute approximate surface area is 54.8 Å². The zero-order valence-corrected chi connectivity index (χ0v) is 5.63. The molecular formula is C7H10O2. The molecule has 0 saturated heterocycles. The molecule has 0 unspecified atom stereocenters. The lowest BCUT2D eigenvalue weighted by Gasteiger charge is -1.85. The van der Waals surface area contributed by atoms with Gasteiger partial charge in [-0.1, -0.05) is 18.2 Å². The summed E-state index contributed by atoms with van der Waals surface area (Å²) in [5.41, 5.74) is 0. The second-order valence-electron chi connectivity index (χ2n) is 1.41. The number of ether oxygens (including phenoxy) is 1. The average Bonchev–Trinajstić information content (AvgIpc) is 1.89. The fourth-order valence-electron chi connectivity index (χ4n) is 0.313. The molecule has 50 valence electrons. The van der Waals surface area contributed by atoms with Crippen molar-refractivity contribution in [2.75, 3.05) is 7.11 Å². The van der Waals surface area contributed by atoms with Crippen molar-refractivity contribution in [1.29, 1.82) is 0 Å². The largest absolute Gasteiger partial charge is 0.466 e. The molecule has 0 aliphatic carbocycles. The molecule has 0 N–H and O–H groups in total. The second-order valence-corrected chi connectivity index (χ2v) is 1.41. The molecule has 0 aromatic carbocycles. The van der Waals surface area contributed by atoms with Crippen molar-refractivity contribution in [1.82, 2.24) is 0 Å². The number of esters is 1. The van der Waals surface area contributed by atoms with Gasteiger partial charge >= 0.3 is 5.97 Å². The molecule has 0 spiro atoms. The Morgan fingerprint density at radius 3 is 2.56 bits per heavy atom. The standard InChI is InChI=1S/C7H10O2/c1-3-4-5-6-7(8)9-2/h3-6H,1-2H3/b4-3?,6-5+. The van der Waals surface area contributed by atoms with Crippen molar-refractivity contribution >= 4 is 5.97 Å². The number of allylic oxidation sites excluding steroid dienone is 3. The first-order valence-electron chi connectivity index (χ1n) is 2.68. The molecule has 0 fully saturated rings. The maximum atomic E-state index is 10.3. The number of carbonyl (C=O) groups is 1. The lowest BCUT2D eigenvalue weighted by molar-refractivity contribution is -0.134. The van der Waals surface area contributed by atoms with E-state index in [2.05, 4.69) is 4.74 Å². The first kappa shape index (κ1) is 7.95. The van der Waals surface area contributed by atoms with Crippen LogP contribution in [0.25, 0.3) is 0 Å². The van der Waals surface area contributed by atoms with Gasteiger partial charge in [0.25, 0.3) is 0 Å². The Balaban J connectivity index is 3.57. The SMILES string of the molecule is CC=C/C=C/C(=O)OC. The van der Waals surface area contributed by atoms with Gasteiger partial charge in [0.05, 0.1) is 7.11 Å². The molecule has 2 heteroatoms. The van der Waals surface area contributed by atoms with Crippen molar-refractivity contribution in [3.05, 3.63) is 24.3 Å². The van der Waals surface area contributed by atoms with Gasteiger partial charge in [0.15, 0.2) is 0 Å². The number of carbonyl (C=O) groups excluding carboxylic acids is 1. The Morgan fingerprint density at radius 2 is 2.11 bits per heavy atom. The average molecular weight is 126 g/mol. The second kappa shape index (κ2) is 5.09. The molecule has 0 aromatic heterocycles. The normalized spacial score (nSPS) is 10.9. The van der Waals surface area contributed by atoms with Crippen LogP contribution in [0.2, 0.25) is 0 Å². The molecule has 2 nitrogen and oxygen atoms in total. The van der Waals surface area contributed by atoms with Gasteiger partial charge in [0.2, 0.25) is 0 Å². The van der Waals surface area contributed by atoms with Gasteiger partial charge in [0.1, 0.15) is 0 Å². The topological polar surface area (TPSA) is 26.3 Å². The van der Waals surface area contributed by atoms with Gasteiger partial charge in [-0.25, -0.2) is 4.79 Å². The summed E-state index contributed by atoms with van der Waals surface area (Å²) in [6.45, 7) is 1.88. The zero-order valence-electron chi connectivity index (χ0n) is 5.63. The zero-order chi connectivity index (χ0) is 7.11. The van der Waals surface area contributed by atoms with E-state index < -0.39 is 0 Å². The van der Waals surface area contributed by atoms with E-state index >= 15 is 0 Å². The minimum Gasteiger partial charge on any atom is -0.466 e. The molecule has 0 amide bonds. The van der Waals surface area contributed by atoms with E-state index in [9.17, 15) is 4.79 Å². The molecule has 0 heterocycles. The predicted molar refractivity (Wildman–Crippen MR) is 36.0 cm³/mol. The molecule has 0 aliphatic rings. The number of hydrogen-bond donors (Lipinski definition) is 0. The van der Waals surface area contributed by atoms with Crippen molar-refractivity contribution < 1.29 is 9.53 Å². The summed E-state index contributed by atoms with van der Waals surface area (Å²) in [5, 5.41) is 0. The molecule has 0 bridgehead atoms. The van der Waals surface area contributed by atoms with E-state index in [1.54, 1.807) is 12.2 Å². The van der Waals surface area contributed by atoms with Crippen LogP contribution in [-0.4, -0.2) is 13.1 Å². The van der Waals surface area contributed by atoms with Gasteiger partial charge in [-0.2, -0.15) is 0 Å². The minimum absolute atomic E-state index is 0.326. The van der Waals surface area contributed by atoms with Crippen LogP contribution in [0.4, 0.5) is 0 Å². The fourth-order valence-corrected chi connectivity index (χ4v) is 0.313. The first-order valence-corrected chi connectivity index (χ1v) is 2.68. The van der Waals surface area contributed by atoms with E-state index in [1.165, 1.54) is 13.2 Å².